The lowest BCUT2D eigenvalue weighted by Crippen LogP contribution is -2.38. The van der Waals surface area contributed by atoms with Crippen LogP contribution in [0.1, 0.15) is 32.8 Å². The predicted molar refractivity (Wildman–Crippen MR) is 99.2 cm³/mol. The predicted octanol–water partition coefficient (Wildman–Crippen LogP) is 2.37. The molecule has 0 atom stereocenters. The van der Waals surface area contributed by atoms with Crippen LogP contribution in [0.15, 0.2) is 29.3 Å². The number of carbonyl (C=O) groups is 1. The number of benzene rings is 1. The van der Waals surface area contributed by atoms with E-state index >= 15 is 0 Å². The Morgan fingerprint density at radius 2 is 2.04 bits per heavy atom. The van der Waals surface area contributed by atoms with Gasteiger partial charge in [0.05, 0.1) is 6.61 Å². The number of hydrogen-bond donors (Lipinski definition) is 3. The van der Waals surface area contributed by atoms with Gasteiger partial charge in [-0.1, -0.05) is 26.0 Å². The Labute approximate surface area is 145 Å². The number of rotatable bonds is 9. The smallest absolute Gasteiger partial charge is 0.221 e. The van der Waals surface area contributed by atoms with Crippen LogP contribution in [0.2, 0.25) is 0 Å². The van der Waals surface area contributed by atoms with Crippen LogP contribution in [0.3, 0.4) is 0 Å². The maximum Gasteiger partial charge on any atom is 0.221 e. The van der Waals surface area contributed by atoms with Crippen molar-refractivity contribution in [2.45, 2.75) is 33.7 Å². The van der Waals surface area contributed by atoms with Gasteiger partial charge in [0.25, 0.3) is 0 Å². The summed E-state index contributed by atoms with van der Waals surface area (Å²) in [5, 5.41) is 9.24. The van der Waals surface area contributed by atoms with E-state index in [1.165, 1.54) is 6.92 Å². The van der Waals surface area contributed by atoms with Gasteiger partial charge in [-0.2, -0.15) is 0 Å². The Bertz CT molecular complexity index is 530. The summed E-state index contributed by atoms with van der Waals surface area (Å²) in [5.74, 6) is 1.32. The summed E-state index contributed by atoms with van der Waals surface area (Å²) in [6, 6.07) is 7.73. The third-order valence-corrected chi connectivity index (χ3v) is 3.31. The van der Waals surface area contributed by atoms with Crippen LogP contribution in [-0.2, 0) is 16.1 Å². The largest absolute Gasteiger partial charge is 0.380 e. The summed E-state index contributed by atoms with van der Waals surface area (Å²) in [5.41, 5.74) is 1.86. The number of aliphatic imine (C=N–C) groups is 1. The topological polar surface area (TPSA) is 74.8 Å². The van der Waals surface area contributed by atoms with Crippen LogP contribution < -0.4 is 16.0 Å². The van der Waals surface area contributed by atoms with E-state index in [1.807, 2.05) is 24.3 Å². The molecule has 0 heterocycles. The minimum atomic E-state index is -0.0740. The van der Waals surface area contributed by atoms with Gasteiger partial charge in [-0.25, -0.2) is 0 Å². The van der Waals surface area contributed by atoms with Crippen LogP contribution in [0.5, 0.6) is 0 Å². The van der Waals surface area contributed by atoms with E-state index in [0.717, 1.165) is 30.2 Å². The van der Waals surface area contributed by atoms with Crippen molar-refractivity contribution in [1.29, 1.82) is 0 Å². The lowest BCUT2D eigenvalue weighted by molar-refractivity contribution is -0.114. The molecule has 0 unspecified atom stereocenters. The highest BCUT2D eigenvalue weighted by Crippen LogP contribution is 2.10. The zero-order valence-electron chi connectivity index (χ0n) is 15.2. The number of carbonyl (C=O) groups excluding carboxylic acids is 1. The number of hydrogen-bond acceptors (Lipinski definition) is 3. The lowest BCUT2D eigenvalue weighted by atomic mass is 10.1. The second kappa shape index (κ2) is 11.5. The molecule has 3 N–H and O–H groups in total. The molecule has 24 heavy (non-hydrogen) atoms. The van der Waals surface area contributed by atoms with Crippen molar-refractivity contribution in [3.63, 3.8) is 0 Å². The Morgan fingerprint density at radius 3 is 2.71 bits per heavy atom. The van der Waals surface area contributed by atoms with Crippen molar-refractivity contribution >= 4 is 17.6 Å². The second-order valence-corrected chi connectivity index (χ2v) is 6.03. The molecule has 0 aliphatic rings. The monoisotopic (exact) mass is 334 g/mol. The summed E-state index contributed by atoms with van der Waals surface area (Å²) in [6.45, 7) is 8.67. The molecule has 0 aliphatic heterocycles. The first kappa shape index (κ1) is 20.0. The summed E-state index contributed by atoms with van der Waals surface area (Å²) >= 11 is 0. The van der Waals surface area contributed by atoms with E-state index in [-0.39, 0.29) is 5.91 Å². The van der Waals surface area contributed by atoms with Crippen LogP contribution in [0, 0.1) is 5.92 Å². The summed E-state index contributed by atoms with van der Waals surface area (Å²) in [6.07, 6.45) is 1.08. The van der Waals surface area contributed by atoms with Crippen molar-refractivity contribution in [3.05, 3.63) is 29.8 Å². The van der Waals surface area contributed by atoms with Gasteiger partial charge in [0, 0.05) is 39.4 Å². The van der Waals surface area contributed by atoms with Crippen LogP contribution in [-0.4, -0.2) is 38.7 Å². The Kier molecular flexibility index (Phi) is 9.53. The molecule has 134 valence electrons. The van der Waals surface area contributed by atoms with Gasteiger partial charge in [0.2, 0.25) is 5.91 Å². The van der Waals surface area contributed by atoms with Crippen molar-refractivity contribution in [3.8, 4) is 0 Å². The standard InChI is InChI=1S/C18H30N4O2/c1-14(2)8-10-24-11-9-20-18(19-4)21-13-16-6-5-7-17(12-16)22-15(3)23/h5-7,12,14H,8-11,13H2,1-4H3,(H,22,23)(H2,19,20,21). The quantitative estimate of drug-likeness (QED) is 0.368. The van der Waals surface area contributed by atoms with E-state index in [1.54, 1.807) is 7.05 Å². The zero-order valence-corrected chi connectivity index (χ0v) is 15.2. The summed E-state index contributed by atoms with van der Waals surface area (Å²) < 4.78 is 5.57. The highest BCUT2D eigenvalue weighted by molar-refractivity contribution is 5.88. The number of anilines is 1. The number of nitrogens with one attached hydrogen (secondary N) is 3. The number of ether oxygens (including phenoxy) is 1. The number of amides is 1. The van der Waals surface area contributed by atoms with Gasteiger partial charge in [0.1, 0.15) is 0 Å². The van der Waals surface area contributed by atoms with Gasteiger partial charge in [0.15, 0.2) is 5.96 Å². The maximum absolute atomic E-state index is 11.1. The molecular weight excluding hydrogens is 304 g/mol. The third-order valence-electron chi connectivity index (χ3n) is 3.31. The first-order valence-corrected chi connectivity index (χ1v) is 8.40. The molecule has 0 fully saturated rings. The fourth-order valence-electron chi connectivity index (χ4n) is 2.03. The van der Waals surface area contributed by atoms with Crippen LogP contribution in [0.25, 0.3) is 0 Å². The molecular formula is C18H30N4O2. The second-order valence-electron chi connectivity index (χ2n) is 6.03. The van der Waals surface area contributed by atoms with Crippen molar-refractivity contribution in [2.75, 3.05) is 32.1 Å². The fraction of sp³-hybridized carbons (Fsp3) is 0.556. The Morgan fingerprint density at radius 1 is 1.25 bits per heavy atom. The molecule has 0 aliphatic carbocycles. The number of guanidine groups is 1. The normalized spacial score (nSPS) is 11.5. The molecule has 6 nitrogen and oxygen atoms in total. The minimum absolute atomic E-state index is 0.0740. The fourth-order valence-corrected chi connectivity index (χ4v) is 2.03. The summed E-state index contributed by atoms with van der Waals surface area (Å²) in [7, 11) is 1.74. The first-order valence-electron chi connectivity index (χ1n) is 8.40. The van der Waals surface area contributed by atoms with Crippen LogP contribution in [0.4, 0.5) is 5.69 Å². The molecule has 0 saturated heterocycles. The maximum atomic E-state index is 11.1. The SMILES string of the molecule is CN=C(NCCOCCC(C)C)NCc1cccc(NC(C)=O)c1. The van der Waals surface area contributed by atoms with Gasteiger partial charge in [-0.15, -0.1) is 0 Å². The van der Waals surface area contributed by atoms with E-state index in [4.69, 9.17) is 4.74 Å². The van der Waals surface area contributed by atoms with Crippen molar-refractivity contribution < 1.29 is 9.53 Å². The lowest BCUT2D eigenvalue weighted by Gasteiger charge is -2.13. The summed E-state index contributed by atoms with van der Waals surface area (Å²) in [4.78, 5) is 15.3. The van der Waals surface area contributed by atoms with Gasteiger partial charge < -0.3 is 20.7 Å². The third kappa shape index (κ3) is 9.15. The molecule has 0 aromatic heterocycles. The van der Waals surface area contributed by atoms with E-state index in [2.05, 4.69) is 34.8 Å². The highest BCUT2D eigenvalue weighted by atomic mass is 16.5. The van der Waals surface area contributed by atoms with Gasteiger partial charge >= 0.3 is 0 Å². The van der Waals surface area contributed by atoms with Crippen molar-refractivity contribution in [1.82, 2.24) is 10.6 Å². The first-order chi connectivity index (χ1) is 11.5. The van der Waals surface area contributed by atoms with Gasteiger partial charge in [-0.3, -0.25) is 9.79 Å². The van der Waals surface area contributed by atoms with E-state index < -0.39 is 0 Å². The average Bonchev–Trinajstić information content (AvgIpc) is 2.53. The molecule has 0 spiro atoms. The molecule has 6 heteroatoms. The van der Waals surface area contributed by atoms with E-state index in [9.17, 15) is 4.79 Å². The van der Waals surface area contributed by atoms with E-state index in [0.29, 0.717) is 25.6 Å². The average molecular weight is 334 g/mol. The Hall–Kier alpha value is -2.08. The molecule has 0 saturated carbocycles. The highest BCUT2D eigenvalue weighted by Gasteiger charge is 2.01. The minimum Gasteiger partial charge on any atom is -0.380 e. The van der Waals surface area contributed by atoms with Gasteiger partial charge in [-0.05, 0) is 30.0 Å². The number of nitrogens with zero attached hydrogens (tertiary/aromatic N) is 1. The molecule has 0 radical (unpaired) electrons. The molecule has 1 rings (SSSR count). The Balaban J connectivity index is 2.30. The van der Waals surface area contributed by atoms with Crippen LogP contribution >= 0.6 is 0 Å². The zero-order chi connectivity index (χ0) is 17.8. The van der Waals surface area contributed by atoms with Crippen molar-refractivity contribution in [2.24, 2.45) is 10.9 Å². The molecule has 0 bridgehead atoms. The molecule has 1 amide bonds. The molecule has 1 aromatic carbocycles. The molecule has 1 aromatic rings.